The van der Waals surface area contributed by atoms with Gasteiger partial charge in [0.15, 0.2) is 0 Å². The smallest absolute Gasteiger partial charge is 0.306 e. The first-order valence-electron chi connectivity index (χ1n) is 8.52. The number of morpholine rings is 1. The van der Waals surface area contributed by atoms with Crippen molar-refractivity contribution in [1.29, 1.82) is 0 Å². The molecule has 1 aliphatic rings. The minimum atomic E-state index is -3.65. The van der Waals surface area contributed by atoms with Crippen LogP contribution in [0.5, 0.6) is 0 Å². The molecule has 1 unspecified atom stereocenters. The van der Waals surface area contributed by atoms with Crippen molar-refractivity contribution in [3.8, 4) is 0 Å². The second-order valence-corrected chi connectivity index (χ2v) is 7.90. The lowest BCUT2D eigenvalue weighted by molar-refractivity contribution is -0.141. The number of nitrogens with zero attached hydrogens (tertiary/aromatic N) is 2. The van der Waals surface area contributed by atoms with Gasteiger partial charge in [0, 0.05) is 31.7 Å². The predicted molar refractivity (Wildman–Crippen MR) is 94.4 cm³/mol. The Hall–Kier alpha value is -1.97. The average Bonchev–Trinajstić information content (AvgIpc) is 2.61. The van der Waals surface area contributed by atoms with Gasteiger partial charge in [0.05, 0.1) is 24.0 Å². The van der Waals surface area contributed by atoms with E-state index in [0.717, 1.165) is 0 Å². The number of hydrogen-bond donors (Lipinski definition) is 1. The van der Waals surface area contributed by atoms with Crippen LogP contribution in [0.25, 0.3) is 0 Å². The molecule has 1 aliphatic heterocycles. The zero-order valence-electron chi connectivity index (χ0n) is 14.9. The van der Waals surface area contributed by atoms with Crippen LogP contribution in [0.4, 0.5) is 0 Å². The lowest BCUT2D eigenvalue weighted by Gasteiger charge is -2.32. The molecule has 144 valence electrons. The van der Waals surface area contributed by atoms with Crippen LogP contribution < -0.4 is 0 Å². The standard InChI is InChI=1S/C17H24N2O6S/c1-3-19(4-2)26(23,24)15-7-5-6-13(10-15)17(22)18-8-9-25-14(12-18)11-16(20)21/h5-7,10,14H,3-4,8-9,11-12H2,1-2H3,(H,20,21). The molecule has 0 saturated carbocycles. The molecule has 1 amide bonds. The highest BCUT2D eigenvalue weighted by Gasteiger charge is 2.28. The number of ether oxygens (including phenoxy) is 1. The molecule has 9 heteroatoms. The summed E-state index contributed by atoms with van der Waals surface area (Å²) in [7, 11) is -3.65. The SMILES string of the molecule is CCN(CC)S(=O)(=O)c1cccc(C(=O)N2CCOC(CC(=O)O)C2)c1. The fourth-order valence-corrected chi connectivity index (χ4v) is 4.41. The second-order valence-electron chi connectivity index (χ2n) is 5.96. The van der Waals surface area contributed by atoms with Gasteiger partial charge in [-0.2, -0.15) is 4.31 Å². The van der Waals surface area contributed by atoms with E-state index in [1.165, 1.54) is 21.3 Å². The molecule has 0 bridgehead atoms. The number of hydrogen-bond acceptors (Lipinski definition) is 5. The van der Waals surface area contributed by atoms with Gasteiger partial charge in [-0.25, -0.2) is 8.42 Å². The summed E-state index contributed by atoms with van der Waals surface area (Å²) in [5.74, 6) is -1.32. The van der Waals surface area contributed by atoms with Crippen molar-refractivity contribution < 1.29 is 27.9 Å². The molecule has 1 N–H and O–H groups in total. The highest BCUT2D eigenvalue weighted by Crippen LogP contribution is 2.19. The number of carboxylic acids is 1. The molecule has 1 aromatic rings. The van der Waals surface area contributed by atoms with Gasteiger partial charge in [-0.05, 0) is 18.2 Å². The predicted octanol–water partition coefficient (Wildman–Crippen LogP) is 1.03. The zero-order chi connectivity index (χ0) is 19.3. The van der Waals surface area contributed by atoms with E-state index in [1.807, 2.05) is 0 Å². The fourth-order valence-electron chi connectivity index (χ4n) is 2.91. The first-order chi connectivity index (χ1) is 12.3. The number of aliphatic carboxylic acids is 1. The topological polar surface area (TPSA) is 104 Å². The van der Waals surface area contributed by atoms with E-state index in [1.54, 1.807) is 26.0 Å². The van der Waals surface area contributed by atoms with E-state index >= 15 is 0 Å². The van der Waals surface area contributed by atoms with E-state index in [2.05, 4.69) is 0 Å². The molecule has 1 fully saturated rings. The Morgan fingerprint density at radius 2 is 2.00 bits per heavy atom. The van der Waals surface area contributed by atoms with Crippen molar-refractivity contribution in [1.82, 2.24) is 9.21 Å². The Kier molecular flexibility index (Phi) is 6.74. The monoisotopic (exact) mass is 384 g/mol. The van der Waals surface area contributed by atoms with Crippen LogP contribution >= 0.6 is 0 Å². The van der Waals surface area contributed by atoms with E-state index in [9.17, 15) is 18.0 Å². The normalized spacial score (nSPS) is 18.1. The molecule has 1 aromatic carbocycles. The van der Waals surface area contributed by atoms with Crippen LogP contribution in [0.2, 0.25) is 0 Å². The Balaban J connectivity index is 2.21. The summed E-state index contributed by atoms with van der Waals surface area (Å²) in [6.07, 6.45) is -0.743. The third-order valence-electron chi connectivity index (χ3n) is 4.25. The minimum absolute atomic E-state index is 0.0717. The molecule has 8 nitrogen and oxygen atoms in total. The van der Waals surface area contributed by atoms with Crippen molar-refractivity contribution in [2.75, 3.05) is 32.8 Å². The molecule has 26 heavy (non-hydrogen) atoms. The van der Waals surface area contributed by atoms with Gasteiger partial charge in [-0.3, -0.25) is 9.59 Å². The van der Waals surface area contributed by atoms with E-state index in [0.29, 0.717) is 19.6 Å². The maximum Gasteiger partial charge on any atom is 0.306 e. The maximum atomic E-state index is 12.7. The summed E-state index contributed by atoms with van der Waals surface area (Å²) < 4.78 is 32.0. The summed E-state index contributed by atoms with van der Waals surface area (Å²) in [4.78, 5) is 25.1. The van der Waals surface area contributed by atoms with Gasteiger partial charge in [0.2, 0.25) is 10.0 Å². The van der Waals surface area contributed by atoms with Crippen molar-refractivity contribution in [3.63, 3.8) is 0 Å². The van der Waals surface area contributed by atoms with Gasteiger partial charge in [-0.1, -0.05) is 19.9 Å². The first-order valence-corrected chi connectivity index (χ1v) is 9.96. The van der Waals surface area contributed by atoms with Gasteiger partial charge >= 0.3 is 5.97 Å². The van der Waals surface area contributed by atoms with Crippen LogP contribution in [0.3, 0.4) is 0 Å². The Bertz CT molecular complexity index is 760. The number of amides is 1. The Morgan fingerprint density at radius 1 is 1.31 bits per heavy atom. The number of carboxylic acid groups (broad SMARTS) is 1. The van der Waals surface area contributed by atoms with Crippen molar-refractivity contribution in [2.24, 2.45) is 0 Å². The maximum absolute atomic E-state index is 12.7. The lowest BCUT2D eigenvalue weighted by atomic mass is 10.1. The summed E-state index contributed by atoms with van der Waals surface area (Å²) in [5.41, 5.74) is 0.259. The number of carbonyl (C=O) groups is 2. The molecule has 0 aliphatic carbocycles. The Labute approximate surface area is 153 Å². The largest absolute Gasteiger partial charge is 0.481 e. The van der Waals surface area contributed by atoms with Crippen molar-refractivity contribution in [2.45, 2.75) is 31.3 Å². The third-order valence-corrected chi connectivity index (χ3v) is 6.30. The van der Waals surface area contributed by atoms with E-state index in [4.69, 9.17) is 9.84 Å². The number of rotatable bonds is 7. The molecule has 0 radical (unpaired) electrons. The van der Waals surface area contributed by atoms with Crippen LogP contribution in [0, 0.1) is 0 Å². The second kappa shape index (κ2) is 8.61. The van der Waals surface area contributed by atoms with E-state index < -0.39 is 22.1 Å². The quantitative estimate of drug-likeness (QED) is 0.753. The van der Waals surface area contributed by atoms with Crippen molar-refractivity contribution >= 4 is 21.9 Å². The number of sulfonamides is 1. The molecule has 1 heterocycles. The molecule has 1 atom stereocenters. The van der Waals surface area contributed by atoms with Crippen LogP contribution in [-0.2, 0) is 19.6 Å². The summed E-state index contributed by atoms with van der Waals surface area (Å²) in [6, 6.07) is 5.94. The summed E-state index contributed by atoms with van der Waals surface area (Å²) in [5, 5.41) is 8.88. The zero-order valence-corrected chi connectivity index (χ0v) is 15.7. The van der Waals surface area contributed by atoms with Crippen LogP contribution in [0.15, 0.2) is 29.2 Å². The average molecular weight is 384 g/mol. The van der Waals surface area contributed by atoms with Gasteiger partial charge in [0.1, 0.15) is 0 Å². The summed E-state index contributed by atoms with van der Waals surface area (Å²) in [6.45, 7) is 4.95. The van der Waals surface area contributed by atoms with Crippen molar-refractivity contribution in [3.05, 3.63) is 29.8 Å². The van der Waals surface area contributed by atoms with Gasteiger partial charge in [0.25, 0.3) is 5.91 Å². The minimum Gasteiger partial charge on any atom is -0.481 e. The van der Waals surface area contributed by atoms with Gasteiger partial charge < -0.3 is 14.7 Å². The molecule has 2 rings (SSSR count). The van der Waals surface area contributed by atoms with Gasteiger partial charge in [-0.15, -0.1) is 0 Å². The third kappa shape index (κ3) is 4.60. The highest BCUT2D eigenvalue weighted by atomic mass is 32.2. The Morgan fingerprint density at radius 3 is 2.62 bits per heavy atom. The molecular weight excluding hydrogens is 360 g/mol. The number of carbonyl (C=O) groups excluding carboxylic acids is 1. The highest BCUT2D eigenvalue weighted by molar-refractivity contribution is 7.89. The van der Waals surface area contributed by atoms with Crippen LogP contribution in [-0.4, -0.2) is 73.5 Å². The molecular formula is C17H24N2O6S. The summed E-state index contributed by atoms with van der Waals surface area (Å²) >= 11 is 0. The fraction of sp³-hybridized carbons (Fsp3) is 0.529. The molecule has 1 saturated heterocycles. The first kappa shape index (κ1) is 20.3. The number of benzene rings is 1. The lowest BCUT2D eigenvalue weighted by Crippen LogP contribution is -2.46. The molecule has 0 aromatic heterocycles. The van der Waals surface area contributed by atoms with Crippen LogP contribution in [0.1, 0.15) is 30.6 Å². The molecule has 0 spiro atoms. The van der Waals surface area contributed by atoms with E-state index in [-0.39, 0.29) is 35.9 Å².